The molecule has 0 amide bonds. The van der Waals surface area contributed by atoms with Gasteiger partial charge in [-0.2, -0.15) is 0 Å². The van der Waals surface area contributed by atoms with Crippen LogP contribution in [0.2, 0.25) is 0 Å². The van der Waals surface area contributed by atoms with E-state index in [1.54, 1.807) is 0 Å². The second-order valence-electron chi connectivity index (χ2n) is 3.08. The molecule has 0 aromatic heterocycles. The second-order valence-corrected chi connectivity index (χ2v) is 3.55. The number of halogens is 1. The van der Waals surface area contributed by atoms with E-state index in [9.17, 15) is 0 Å². The van der Waals surface area contributed by atoms with Crippen LogP contribution in [0.1, 0.15) is 0 Å². The molecule has 0 aromatic carbocycles. The van der Waals surface area contributed by atoms with Crippen LogP contribution < -0.4 is 11.1 Å². The maximum atomic E-state index is 5.99. The number of fused-ring (bicyclic) bond motifs is 1. The van der Waals surface area contributed by atoms with E-state index in [0.29, 0.717) is 16.7 Å². The monoisotopic (exact) mass is 146 g/mol. The SMILES string of the molecule is NCC12CNCC1C2Cl. The maximum absolute atomic E-state index is 5.99. The van der Waals surface area contributed by atoms with E-state index in [1.807, 2.05) is 0 Å². The number of nitrogens with two attached hydrogens (primary N) is 1. The summed E-state index contributed by atoms with van der Waals surface area (Å²) in [5.41, 5.74) is 5.87. The van der Waals surface area contributed by atoms with E-state index < -0.39 is 0 Å². The van der Waals surface area contributed by atoms with Crippen molar-refractivity contribution in [3.05, 3.63) is 0 Å². The summed E-state index contributed by atoms with van der Waals surface area (Å²) in [5, 5.41) is 3.64. The van der Waals surface area contributed by atoms with Crippen LogP contribution in [0, 0.1) is 11.3 Å². The summed E-state index contributed by atoms with van der Waals surface area (Å²) in [6, 6.07) is 0. The van der Waals surface area contributed by atoms with Crippen LogP contribution in [0.15, 0.2) is 0 Å². The minimum Gasteiger partial charge on any atom is -0.330 e. The third-order valence-electron chi connectivity index (χ3n) is 2.73. The van der Waals surface area contributed by atoms with Gasteiger partial charge < -0.3 is 11.1 Å². The molecular weight excluding hydrogens is 136 g/mol. The van der Waals surface area contributed by atoms with Crippen molar-refractivity contribution >= 4 is 11.6 Å². The van der Waals surface area contributed by atoms with Gasteiger partial charge in [-0.3, -0.25) is 0 Å². The molecule has 3 atom stereocenters. The molecule has 1 saturated carbocycles. The van der Waals surface area contributed by atoms with Crippen LogP contribution in [0.25, 0.3) is 0 Å². The fraction of sp³-hybridized carbons (Fsp3) is 1.00. The molecule has 3 unspecified atom stereocenters. The predicted molar refractivity (Wildman–Crippen MR) is 37.5 cm³/mol. The molecule has 52 valence electrons. The zero-order valence-electron chi connectivity index (χ0n) is 5.23. The van der Waals surface area contributed by atoms with E-state index in [1.165, 1.54) is 0 Å². The first kappa shape index (κ1) is 5.96. The van der Waals surface area contributed by atoms with Gasteiger partial charge in [0, 0.05) is 30.4 Å². The Hall–Kier alpha value is 0.210. The highest BCUT2D eigenvalue weighted by molar-refractivity contribution is 6.23. The normalized spacial score (nSPS) is 55.3. The van der Waals surface area contributed by atoms with Crippen LogP contribution in [0.3, 0.4) is 0 Å². The quantitative estimate of drug-likeness (QED) is 0.502. The van der Waals surface area contributed by atoms with Gasteiger partial charge in [0.1, 0.15) is 0 Å². The second kappa shape index (κ2) is 1.62. The van der Waals surface area contributed by atoms with Gasteiger partial charge in [0.15, 0.2) is 0 Å². The van der Waals surface area contributed by atoms with Gasteiger partial charge >= 0.3 is 0 Å². The average molecular weight is 147 g/mol. The molecule has 0 spiro atoms. The average Bonchev–Trinajstić information content (AvgIpc) is 2.29. The Balaban J connectivity index is 2.13. The first-order valence-electron chi connectivity index (χ1n) is 3.36. The zero-order valence-corrected chi connectivity index (χ0v) is 5.99. The fourth-order valence-corrected chi connectivity index (χ4v) is 2.45. The van der Waals surface area contributed by atoms with E-state index in [4.69, 9.17) is 17.3 Å². The lowest BCUT2D eigenvalue weighted by Gasteiger charge is -2.07. The van der Waals surface area contributed by atoms with Gasteiger partial charge in [0.05, 0.1) is 0 Å². The molecule has 1 saturated heterocycles. The number of hydrogen-bond acceptors (Lipinski definition) is 2. The number of rotatable bonds is 1. The third-order valence-corrected chi connectivity index (χ3v) is 3.47. The lowest BCUT2D eigenvalue weighted by molar-refractivity contribution is 0.530. The molecule has 3 heteroatoms. The molecular formula is C6H11ClN2. The van der Waals surface area contributed by atoms with Gasteiger partial charge in [-0.05, 0) is 5.92 Å². The number of alkyl halides is 1. The molecule has 0 aromatic rings. The van der Waals surface area contributed by atoms with E-state index in [2.05, 4.69) is 5.32 Å². The molecule has 3 N–H and O–H groups in total. The van der Waals surface area contributed by atoms with E-state index in [-0.39, 0.29) is 0 Å². The van der Waals surface area contributed by atoms with Gasteiger partial charge in [-0.25, -0.2) is 0 Å². The molecule has 9 heavy (non-hydrogen) atoms. The van der Waals surface area contributed by atoms with Crippen molar-refractivity contribution in [1.29, 1.82) is 0 Å². The topological polar surface area (TPSA) is 38.0 Å². The summed E-state index contributed by atoms with van der Waals surface area (Å²) in [4.78, 5) is 0. The van der Waals surface area contributed by atoms with Crippen molar-refractivity contribution in [3.63, 3.8) is 0 Å². The van der Waals surface area contributed by atoms with Crippen LogP contribution in [-0.2, 0) is 0 Å². The Kier molecular flexibility index (Phi) is 1.07. The first-order chi connectivity index (χ1) is 4.31. The largest absolute Gasteiger partial charge is 0.330 e. The highest BCUT2D eigenvalue weighted by Crippen LogP contribution is 2.57. The molecule has 1 aliphatic carbocycles. The highest BCUT2D eigenvalue weighted by atomic mass is 35.5. The summed E-state index contributed by atoms with van der Waals surface area (Å²) in [7, 11) is 0. The Morgan fingerprint density at radius 1 is 1.78 bits per heavy atom. The molecule has 2 nitrogen and oxygen atoms in total. The highest BCUT2D eigenvalue weighted by Gasteiger charge is 2.65. The van der Waals surface area contributed by atoms with Crippen LogP contribution in [-0.4, -0.2) is 25.0 Å². The van der Waals surface area contributed by atoms with Crippen molar-refractivity contribution in [2.24, 2.45) is 17.1 Å². The Morgan fingerprint density at radius 3 is 2.89 bits per heavy atom. The summed E-state index contributed by atoms with van der Waals surface area (Å²) in [6.45, 7) is 2.85. The van der Waals surface area contributed by atoms with E-state index >= 15 is 0 Å². The minimum atomic E-state index is 0.293. The molecule has 2 fully saturated rings. The summed E-state index contributed by atoms with van der Waals surface area (Å²) in [5.74, 6) is 0.671. The fourth-order valence-electron chi connectivity index (χ4n) is 1.85. The molecule has 0 bridgehead atoms. The number of nitrogens with one attached hydrogen (secondary N) is 1. The van der Waals surface area contributed by atoms with Crippen LogP contribution in [0.4, 0.5) is 0 Å². The molecule has 1 aliphatic heterocycles. The van der Waals surface area contributed by atoms with Crippen molar-refractivity contribution in [2.75, 3.05) is 19.6 Å². The van der Waals surface area contributed by atoms with Gasteiger partial charge in [0.2, 0.25) is 0 Å². The van der Waals surface area contributed by atoms with E-state index in [0.717, 1.165) is 19.6 Å². The van der Waals surface area contributed by atoms with Gasteiger partial charge in [-0.15, -0.1) is 11.6 Å². The summed E-state index contributed by atoms with van der Waals surface area (Å²) in [6.07, 6.45) is 0. The van der Waals surface area contributed by atoms with Gasteiger partial charge in [0.25, 0.3) is 0 Å². The Bertz CT molecular complexity index is 139. The molecule has 2 rings (SSSR count). The van der Waals surface area contributed by atoms with Crippen molar-refractivity contribution in [3.8, 4) is 0 Å². The summed E-state index contributed by atoms with van der Waals surface area (Å²) >= 11 is 5.99. The van der Waals surface area contributed by atoms with Crippen molar-refractivity contribution in [2.45, 2.75) is 5.38 Å². The minimum absolute atomic E-state index is 0.293. The standard InChI is InChI=1S/C6H11ClN2/c7-5-4-1-9-3-6(4,5)2-8/h4-5,9H,1-3,8H2. The Labute approximate surface area is 59.7 Å². The van der Waals surface area contributed by atoms with Crippen LogP contribution >= 0.6 is 11.6 Å². The summed E-state index contributed by atoms with van der Waals surface area (Å²) < 4.78 is 0. The zero-order chi connectivity index (χ0) is 6.48. The molecule has 0 radical (unpaired) electrons. The lowest BCUT2D eigenvalue weighted by Crippen LogP contribution is -2.26. The lowest BCUT2D eigenvalue weighted by atomic mass is 10.1. The number of hydrogen-bond donors (Lipinski definition) is 2. The van der Waals surface area contributed by atoms with Gasteiger partial charge in [-0.1, -0.05) is 0 Å². The number of piperidine rings is 1. The maximum Gasteiger partial charge on any atom is 0.0467 e. The van der Waals surface area contributed by atoms with Crippen LogP contribution in [0.5, 0.6) is 0 Å². The first-order valence-corrected chi connectivity index (χ1v) is 3.80. The smallest absolute Gasteiger partial charge is 0.0467 e. The van der Waals surface area contributed by atoms with Crippen molar-refractivity contribution in [1.82, 2.24) is 5.32 Å². The van der Waals surface area contributed by atoms with Crippen molar-refractivity contribution < 1.29 is 0 Å². The predicted octanol–water partition coefficient (Wildman–Crippen LogP) is -0.228. The molecule has 2 aliphatic rings. The Morgan fingerprint density at radius 2 is 2.56 bits per heavy atom. The third kappa shape index (κ3) is 0.540. The molecule has 1 heterocycles.